The Labute approximate surface area is 134 Å². The summed E-state index contributed by atoms with van der Waals surface area (Å²) in [6.45, 7) is 3.66. The molecule has 122 valence electrons. The van der Waals surface area contributed by atoms with Crippen LogP contribution in [-0.4, -0.2) is 13.3 Å². The molecule has 2 N–H and O–H groups in total. The lowest BCUT2D eigenvalue weighted by molar-refractivity contribution is -0.385. The van der Waals surface area contributed by atoms with E-state index in [1.807, 2.05) is 6.92 Å². The first-order chi connectivity index (χ1) is 10.8. The largest absolute Gasteiger partial charge is 0.308 e. The van der Waals surface area contributed by atoms with Gasteiger partial charge in [-0.2, -0.15) is 0 Å². The van der Waals surface area contributed by atoms with Crippen LogP contribution in [0.5, 0.6) is 0 Å². The predicted octanol–water partition coefficient (Wildman–Crippen LogP) is 2.77. The van der Waals surface area contributed by atoms with Crippen LogP contribution in [0.1, 0.15) is 18.1 Å². The second-order valence-corrected chi connectivity index (χ2v) is 6.68. The van der Waals surface area contributed by atoms with Gasteiger partial charge in [-0.1, -0.05) is 24.6 Å². The summed E-state index contributed by atoms with van der Waals surface area (Å²) >= 11 is 0. The molecular weight excluding hydrogens is 318 g/mol. The molecule has 0 aromatic heterocycles. The maximum absolute atomic E-state index is 12.2. The molecule has 2 aromatic carbocycles. The third-order valence-corrected chi connectivity index (χ3v) is 4.58. The third kappa shape index (κ3) is 4.05. The van der Waals surface area contributed by atoms with Crippen LogP contribution in [0, 0.1) is 17.0 Å². The Bertz CT molecular complexity index is 817. The van der Waals surface area contributed by atoms with Crippen LogP contribution >= 0.6 is 0 Å². The smallest absolute Gasteiger partial charge is 0.272 e. The molecule has 0 spiro atoms. The minimum Gasteiger partial charge on any atom is -0.308 e. The number of hydrogen-bond donors (Lipinski definition) is 2. The number of hydrogen-bond acceptors (Lipinski definition) is 5. The van der Waals surface area contributed by atoms with Crippen molar-refractivity contribution in [3.8, 4) is 0 Å². The number of nitrogens with zero attached hydrogens (tertiary/aromatic N) is 1. The monoisotopic (exact) mass is 335 g/mol. The quantitative estimate of drug-likeness (QED) is 0.624. The van der Waals surface area contributed by atoms with Crippen LogP contribution in [0.2, 0.25) is 0 Å². The molecule has 2 aromatic rings. The van der Waals surface area contributed by atoms with E-state index in [4.69, 9.17) is 0 Å². The summed E-state index contributed by atoms with van der Waals surface area (Å²) in [6.07, 6.45) is 0.469. The molecule has 7 nitrogen and oxygen atoms in total. The van der Waals surface area contributed by atoms with Gasteiger partial charge in [-0.25, -0.2) is 8.42 Å². The van der Waals surface area contributed by atoms with Gasteiger partial charge in [0.15, 0.2) is 0 Å². The first kappa shape index (κ1) is 16.9. The van der Waals surface area contributed by atoms with E-state index in [1.165, 1.54) is 24.3 Å². The van der Waals surface area contributed by atoms with Gasteiger partial charge < -0.3 is 5.43 Å². The summed E-state index contributed by atoms with van der Waals surface area (Å²) in [5, 5.41) is 10.9. The maximum atomic E-state index is 12.2. The molecular formula is C15H17N3O4S. The van der Waals surface area contributed by atoms with E-state index >= 15 is 0 Å². The fourth-order valence-corrected chi connectivity index (χ4v) is 2.89. The van der Waals surface area contributed by atoms with E-state index in [0.717, 1.165) is 5.56 Å². The summed E-state index contributed by atoms with van der Waals surface area (Å²) in [5.74, 6) is 0. The van der Waals surface area contributed by atoms with Crippen molar-refractivity contribution in [1.82, 2.24) is 4.83 Å². The fraction of sp³-hybridized carbons (Fsp3) is 0.200. The second-order valence-electron chi connectivity index (χ2n) is 5.00. The van der Waals surface area contributed by atoms with Crippen molar-refractivity contribution in [3.63, 3.8) is 0 Å². The molecule has 0 aliphatic rings. The lowest BCUT2D eigenvalue weighted by Gasteiger charge is -2.11. The number of nitro benzene ring substituents is 1. The standard InChI is InChI=1S/C15H17N3O4S/c1-3-12-10-13(6-9-15(12)18(19)20)16-17-23(21,22)14-7-4-11(2)5-8-14/h4-10,16-17H,3H2,1-2H3. The van der Waals surface area contributed by atoms with Crippen molar-refractivity contribution in [2.75, 3.05) is 5.43 Å². The van der Waals surface area contributed by atoms with Gasteiger partial charge in [0, 0.05) is 11.6 Å². The molecule has 0 saturated carbocycles. The highest BCUT2D eigenvalue weighted by atomic mass is 32.2. The first-order valence-electron chi connectivity index (χ1n) is 6.95. The van der Waals surface area contributed by atoms with Crippen molar-refractivity contribution >= 4 is 21.4 Å². The van der Waals surface area contributed by atoms with E-state index in [9.17, 15) is 18.5 Å². The van der Waals surface area contributed by atoms with Gasteiger partial charge in [0.25, 0.3) is 15.7 Å². The predicted molar refractivity (Wildman–Crippen MR) is 87.6 cm³/mol. The zero-order valence-electron chi connectivity index (χ0n) is 12.7. The molecule has 2 rings (SSSR count). The average molecular weight is 335 g/mol. The maximum Gasteiger partial charge on any atom is 0.272 e. The van der Waals surface area contributed by atoms with Gasteiger partial charge in [0.05, 0.1) is 15.5 Å². The number of benzene rings is 2. The highest BCUT2D eigenvalue weighted by molar-refractivity contribution is 7.89. The van der Waals surface area contributed by atoms with Gasteiger partial charge in [-0.15, -0.1) is 4.83 Å². The summed E-state index contributed by atoms with van der Waals surface area (Å²) < 4.78 is 24.3. The number of nitrogens with one attached hydrogen (secondary N) is 2. The van der Waals surface area contributed by atoms with E-state index in [1.54, 1.807) is 25.1 Å². The lowest BCUT2D eigenvalue weighted by atomic mass is 10.1. The molecule has 0 saturated heterocycles. The average Bonchev–Trinajstić information content (AvgIpc) is 2.53. The van der Waals surface area contributed by atoms with Gasteiger partial charge in [0.2, 0.25) is 0 Å². The third-order valence-electron chi connectivity index (χ3n) is 3.32. The van der Waals surface area contributed by atoms with Crippen molar-refractivity contribution in [2.45, 2.75) is 25.2 Å². The Morgan fingerprint density at radius 3 is 2.35 bits per heavy atom. The van der Waals surface area contributed by atoms with E-state index in [-0.39, 0.29) is 10.6 Å². The van der Waals surface area contributed by atoms with E-state index in [2.05, 4.69) is 10.3 Å². The molecule has 0 amide bonds. The van der Waals surface area contributed by atoms with Crippen LogP contribution in [0.15, 0.2) is 47.4 Å². The number of anilines is 1. The van der Waals surface area contributed by atoms with Crippen LogP contribution in [-0.2, 0) is 16.4 Å². The number of nitro groups is 1. The minimum absolute atomic E-state index is 0.0134. The normalized spacial score (nSPS) is 11.2. The molecule has 0 heterocycles. The Morgan fingerprint density at radius 1 is 1.13 bits per heavy atom. The number of sulfonamides is 1. The minimum atomic E-state index is -3.72. The van der Waals surface area contributed by atoms with Crippen LogP contribution < -0.4 is 10.3 Å². The first-order valence-corrected chi connectivity index (χ1v) is 8.43. The van der Waals surface area contributed by atoms with Crippen molar-refractivity contribution in [3.05, 3.63) is 63.7 Å². The summed E-state index contributed by atoms with van der Waals surface area (Å²) in [5.41, 5.74) is 4.51. The van der Waals surface area contributed by atoms with Crippen molar-refractivity contribution < 1.29 is 13.3 Å². The van der Waals surface area contributed by atoms with Gasteiger partial charge in [-0.3, -0.25) is 10.1 Å². The Kier molecular flexibility index (Phi) is 4.97. The number of aryl methyl sites for hydroxylation is 2. The SMILES string of the molecule is CCc1cc(NNS(=O)(=O)c2ccc(C)cc2)ccc1[N+](=O)[O-]. The second kappa shape index (κ2) is 6.76. The molecule has 23 heavy (non-hydrogen) atoms. The lowest BCUT2D eigenvalue weighted by Crippen LogP contribution is -2.29. The molecule has 0 radical (unpaired) electrons. The van der Waals surface area contributed by atoms with E-state index < -0.39 is 14.9 Å². The zero-order chi connectivity index (χ0) is 17.0. The van der Waals surface area contributed by atoms with Crippen molar-refractivity contribution in [2.24, 2.45) is 0 Å². The molecule has 0 fully saturated rings. The summed E-state index contributed by atoms with van der Waals surface area (Å²) in [4.78, 5) is 12.8. The molecule has 0 aliphatic carbocycles. The molecule has 0 aliphatic heterocycles. The van der Waals surface area contributed by atoms with Crippen LogP contribution in [0.3, 0.4) is 0 Å². The van der Waals surface area contributed by atoms with Gasteiger partial charge in [0.1, 0.15) is 0 Å². The van der Waals surface area contributed by atoms with Crippen LogP contribution in [0.4, 0.5) is 11.4 Å². The van der Waals surface area contributed by atoms with Crippen LogP contribution in [0.25, 0.3) is 0 Å². The van der Waals surface area contributed by atoms with Gasteiger partial charge in [-0.05, 0) is 37.6 Å². The Balaban J connectivity index is 2.17. The number of hydrazine groups is 1. The number of rotatable bonds is 6. The van der Waals surface area contributed by atoms with Crippen molar-refractivity contribution in [1.29, 1.82) is 0 Å². The zero-order valence-corrected chi connectivity index (χ0v) is 13.6. The summed E-state index contributed by atoms with van der Waals surface area (Å²) in [7, 11) is -3.72. The van der Waals surface area contributed by atoms with E-state index in [0.29, 0.717) is 17.7 Å². The molecule has 0 bridgehead atoms. The highest BCUT2D eigenvalue weighted by Gasteiger charge is 2.15. The Hall–Kier alpha value is -2.45. The van der Waals surface area contributed by atoms with Gasteiger partial charge >= 0.3 is 0 Å². The molecule has 0 unspecified atom stereocenters. The summed E-state index contributed by atoms with van der Waals surface area (Å²) in [6, 6.07) is 10.8. The topological polar surface area (TPSA) is 101 Å². The Morgan fingerprint density at radius 2 is 1.78 bits per heavy atom. The molecule has 0 atom stereocenters. The highest BCUT2D eigenvalue weighted by Crippen LogP contribution is 2.23. The fourth-order valence-electron chi connectivity index (χ4n) is 2.03. The molecule has 8 heteroatoms.